The lowest BCUT2D eigenvalue weighted by Gasteiger charge is -2.25. The monoisotopic (exact) mass is 413 g/mol. The van der Waals surface area contributed by atoms with E-state index in [-0.39, 0.29) is 30.4 Å². The summed E-state index contributed by atoms with van der Waals surface area (Å²) in [5.74, 6) is -0.386. The number of nitrogens with one attached hydrogen (secondary N) is 2. The van der Waals surface area contributed by atoms with Crippen molar-refractivity contribution in [3.8, 4) is 5.88 Å². The average molecular weight is 413 g/mol. The fourth-order valence-corrected chi connectivity index (χ4v) is 3.03. The molecule has 158 valence electrons. The Morgan fingerprint density at radius 3 is 2.70 bits per heavy atom. The highest BCUT2D eigenvalue weighted by Crippen LogP contribution is 2.27. The second kappa shape index (κ2) is 7.41. The molecule has 0 bridgehead atoms. The third-order valence-electron chi connectivity index (χ3n) is 4.83. The van der Waals surface area contributed by atoms with Crippen LogP contribution >= 0.6 is 0 Å². The number of aliphatic hydroxyl groups excluding tert-OH is 1. The summed E-state index contributed by atoms with van der Waals surface area (Å²) in [4.78, 5) is 33.7. The maximum Gasteiger partial charge on any atom is 0.291 e. The number of aromatic nitrogens is 5. The lowest BCUT2D eigenvalue weighted by molar-refractivity contribution is 0.0942. The molecule has 1 aliphatic carbocycles. The molecule has 0 unspecified atom stereocenters. The normalized spacial score (nSPS) is 14.1. The largest absolute Gasteiger partial charge is 0.494 e. The van der Waals surface area contributed by atoms with Crippen LogP contribution in [0, 0.1) is 5.41 Å². The topological polar surface area (TPSA) is 147 Å². The first-order chi connectivity index (χ1) is 14.3. The van der Waals surface area contributed by atoms with Crippen LogP contribution in [0.2, 0.25) is 0 Å². The Balaban J connectivity index is 1.85. The molecule has 3 aromatic heterocycles. The highest BCUT2D eigenvalue weighted by molar-refractivity contribution is 5.96. The molecule has 1 saturated carbocycles. The quantitative estimate of drug-likeness (QED) is 0.441. The van der Waals surface area contributed by atoms with E-state index in [1.807, 2.05) is 0 Å². The zero-order valence-corrected chi connectivity index (χ0v) is 16.7. The Hall–Kier alpha value is -3.47. The molecule has 30 heavy (non-hydrogen) atoms. The van der Waals surface area contributed by atoms with Crippen LogP contribution in [-0.4, -0.2) is 52.9 Å². The van der Waals surface area contributed by atoms with E-state index < -0.39 is 22.8 Å². The summed E-state index contributed by atoms with van der Waals surface area (Å²) in [5.41, 5.74) is -1.46. The molecule has 1 aliphatic rings. The number of rotatable bonds is 7. The van der Waals surface area contributed by atoms with Gasteiger partial charge in [-0.05, 0) is 12.8 Å². The van der Waals surface area contributed by atoms with Crippen LogP contribution in [0.4, 0.5) is 11.6 Å². The van der Waals surface area contributed by atoms with E-state index in [2.05, 4.69) is 25.7 Å². The Labute approximate surface area is 171 Å². The molecule has 11 nitrogen and oxygen atoms in total. The van der Waals surface area contributed by atoms with Crippen molar-refractivity contribution in [1.82, 2.24) is 29.5 Å². The van der Waals surface area contributed by atoms with Crippen molar-refractivity contribution in [1.29, 1.82) is 0 Å². The molecule has 0 aliphatic heterocycles. The van der Waals surface area contributed by atoms with Gasteiger partial charge < -0.3 is 20.8 Å². The highest BCUT2D eigenvalue weighted by atomic mass is 16.3. The molecule has 0 spiro atoms. The number of nitrogens with zero attached hydrogens (tertiary/aromatic N) is 5. The Morgan fingerprint density at radius 1 is 1.30 bits per heavy atom. The van der Waals surface area contributed by atoms with Crippen molar-refractivity contribution in [2.45, 2.75) is 39.3 Å². The van der Waals surface area contributed by atoms with Crippen LogP contribution in [0.5, 0.6) is 5.88 Å². The smallest absolute Gasteiger partial charge is 0.291 e. The molecular weight excluding hydrogens is 390 g/mol. The molecule has 4 N–H and O–H groups in total. The average Bonchev–Trinajstić information content (AvgIpc) is 3.42. The lowest BCUT2D eigenvalue weighted by atomic mass is 9.95. The number of fused-ring (bicyclic) bond motifs is 1. The van der Waals surface area contributed by atoms with Crippen LogP contribution in [0.15, 0.2) is 29.5 Å². The van der Waals surface area contributed by atoms with E-state index in [0.717, 1.165) is 17.4 Å². The second-order valence-corrected chi connectivity index (χ2v) is 8.18. The Bertz CT molecular complexity index is 1150. The SMILES string of the molecule is CC(C)(CO)Cn1c(O)c(C(=O)NC2CC2)c(=O)n2nc(Nc3cnccn3)cc12. The van der Waals surface area contributed by atoms with Gasteiger partial charge in [-0.2, -0.15) is 4.52 Å². The number of aliphatic hydroxyl groups is 1. The maximum absolute atomic E-state index is 13.0. The van der Waals surface area contributed by atoms with Gasteiger partial charge in [-0.15, -0.1) is 5.10 Å². The van der Waals surface area contributed by atoms with E-state index in [9.17, 15) is 19.8 Å². The lowest BCUT2D eigenvalue weighted by Crippen LogP contribution is -2.35. The Morgan fingerprint density at radius 2 is 2.07 bits per heavy atom. The van der Waals surface area contributed by atoms with Crippen LogP contribution in [0.1, 0.15) is 37.0 Å². The van der Waals surface area contributed by atoms with Gasteiger partial charge in [0.2, 0.25) is 5.88 Å². The highest BCUT2D eigenvalue weighted by Gasteiger charge is 2.31. The van der Waals surface area contributed by atoms with Crippen LogP contribution in [0.25, 0.3) is 5.65 Å². The van der Waals surface area contributed by atoms with E-state index in [1.165, 1.54) is 23.2 Å². The van der Waals surface area contributed by atoms with Crippen molar-refractivity contribution in [2.75, 3.05) is 11.9 Å². The number of hydrogen-bond donors (Lipinski definition) is 4. The molecule has 0 saturated heterocycles. The molecule has 0 aromatic carbocycles. The summed E-state index contributed by atoms with van der Waals surface area (Å²) in [5, 5.41) is 30.5. The molecular formula is C19H23N7O4. The van der Waals surface area contributed by atoms with Crippen LogP contribution in [0.3, 0.4) is 0 Å². The first-order valence-electron chi connectivity index (χ1n) is 9.59. The van der Waals surface area contributed by atoms with Gasteiger partial charge in [0, 0.05) is 43.1 Å². The molecule has 1 amide bonds. The number of aromatic hydroxyl groups is 1. The number of amides is 1. The van der Waals surface area contributed by atoms with Gasteiger partial charge in [-0.1, -0.05) is 13.8 Å². The molecule has 3 aromatic rings. The molecule has 0 atom stereocenters. The summed E-state index contributed by atoms with van der Waals surface area (Å²) in [6.45, 7) is 3.60. The minimum atomic E-state index is -0.731. The third kappa shape index (κ3) is 3.83. The van der Waals surface area contributed by atoms with E-state index in [0.29, 0.717) is 11.6 Å². The maximum atomic E-state index is 13.0. The summed E-state index contributed by atoms with van der Waals surface area (Å²) in [6.07, 6.45) is 6.21. The van der Waals surface area contributed by atoms with Gasteiger partial charge in [0.25, 0.3) is 11.5 Å². The summed E-state index contributed by atoms with van der Waals surface area (Å²) < 4.78 is 2.47. The number of carbonyl (C=O) groups excluding carboxylic acids is 1. The number of anilines is 2. The fraction of sp³-hybridized carbons (Fsp3) is 0.421. The first-order valence-corrected chi connectivity index (χ1v) is 9.59. The summed E-state index contributed by atoms with van der Waals surface area (Å²) >= 11 is 0. The molecule has 0 radical (unpaired) electrons. The summed E-state index contributed by atoms with van der Waals surface area (Å²) in [6, 6.07) is 1.58. The zero-order chi connectivity index (χ0) is 21.5. The van der Waals surface area contributed by atoms with Crippen molar-refractivity contribution in [3.05, 3.63) is 40.6 Å². The third-order valence-corrected chi connectivity index (χ3v) is 4.83. The van der Waals surface area contributed by atoms with E-state index >= 15 is 0 Å². The predicted octanol–water partition coefficient (Wildman–Crippen LogP) is 0.646. The van der Waals surface area contributed by atoms with Gasteiger partial charge in [0.15, 0.2) is 11.4 Å². The van der Waals surface area contributed by atoms with Crippen molar-refractivity contribution >= 4 is 23.2 Å². The predicted molar refractivity (Wildman–Crippen MR) is 108 cm³/mol. The van der Waals surface area contributed by atoms with E-state index in [4.69, 9.17) is 0 Å². The Kier molecular flexibility index (Phi) is 4.90. The van der Waals surface area contributed by atoms with Crippen molar-refractivity contribution in [2.24, 2.45) is 5.41 Å². The molecule has 11 heteroatoms. The molecule has 4 rings (SSSR count). The molecule has 3 heterocycles. The summed E-state index contributed by atoms with van der Waals surface area (Å²) in [7, 11) is 0. The first kappa shape index (κ1) is 19.8. The van der Waals surface area contributed by atoms with Gasteiger partial charge in [-0.25, -0.2) is 4.98 Å². The van der Waals surface area contributed by atoms with Gasteiger partial charge in [0.05, 0.1) is 6.20 Å². The minimum Gasteiger partial charge on any atom is -0.494 e. The van der Waals surface area contributed by atoms with Crippen molar-refractivity contribution in [3.63, 3.8) is 0 Å². The van der Waals surface area contributed by atoms with Gasteiger partial charge in [-0.3, -0.25) is 19.1 Å². The fourth-order valence-electron chi connectivity index (χ4n) is 3.03. The van der Waals surface area contributed by atoms with E-state index in [1.54, 1.807) is 19.9 Å². The van der Waals surface area contributed by atoms with Crippen molar-refractivity contribution < 1.29 is 15.0 Å². The second-order valence-electron chi connectivity index (χ2n) is 8.18. The number of hydrogen-bond acceptors (Lipinski definition) is 8. The van der Waals surface area contributed by atoms with Crippen LogP contribution < -0.4 is 16.2 Å². The zero-order valence-electron chi connectivity index (χ0n) is 16.7. The number of carbonyl (C=O) groups is 1. The molecule has 1 fully saturated rings. The van der Waals surface area contributed by atoms with Gasteiger partial charge >= 0.3 is 0 Å². The van der Waals surface area contributed by atoms with Crippen LogP contribution in [-0.2, 0) is 6.54 Å². The van der Waals surface area contributed by atoms with Gasteiger partial charge in [0.1, 0.15) is 11.5 Å². The standard InChI is InChI=1S/C19H23N7O4/c1-19(2,10-27)9-25-14-7-12(23-13-8-20-5-6-21-13)24-26(14)18(30)15(17(25)29)16(28)22-11-3-4-11/h5-8,11,27,29H,3-4,9-10H2,1-2H3,(H,22,28)(H,21,23,24). The minimum absolute atomic E-state index is 0.0147.